The second-order valence-corrected chi connectivity index (χ2v) is 3.98. The highest BCUT2D eigenvalue weighted by Gasteiger charge is 2.21. The van der Waals surface area contributed by atoms with Crippen molar-refractivity contribution >= 4 is 17.8 Å². The van der Waals surface area contributed by atoms with Crippen molar-refractivity contribution in [1.29, 1.82) is 0 Å². The fourth-order valence-electron chi connectivity index (χ4n) is 1.84. The van der Waals surface area contributed by atoms with Crippen LogP contribution in [0.2, 0.25) is 0 Å². The van der Waals surface area contributed by atoms with Gasteiger partial charge in [-0.15, -0.1) is 0 Å². The third kappa shape index (κ3) is 3.24. The molecule has 0 bridgehead atoms. The summed E-state index contributed by atoms with van der Waals surface area (Å²) in [6.45, 7) is 0. The first-order valence-corrected chi connectivity index (χ1v) is 5.64. The van der Waals surface area contributed by atoms with Crippen LogP contribution in [0.5, 0.6) is 0 Å². The van der Waals surface area contributed by atoms with Crippen molar-refractivity contribution in [3.8, 4) is 0 Å². The van der Waals surface area contributed by atoms with Gasteiger partial charge in [0.15, 0.2) is 0 Å². The molecule has 0 radical (unpaired) electrons. The number of anilines is 1. The van der Waals surface area contributed by atoms with Gasteiger partial charge in [-0.2, -0.15) is 0 Å². The molecule has 0 aromatic carbocycles. The number of carbonyl (C=O) groups excluding carboxylic acids is 2. The van der Waals surface area contributed by atoms with Crippen LogP contribution in [0.4, 0.5) is 5.95 Å². The maximum atomic E-state index is 11.5. The molecule has 1 aromatic rings. The highest BCUT2D eigenvalue weighted by atomic mass is 16.2. The molecule has 0 aliphatic heterocycles. The number of aromatic nitrogens is 2. The van der Waals surface area contributed by atoms with Gasteiger partial charge in [0, 0.05) is 18.4 Å². The van der Waals surface area contributed by atoms with Crippen LogP contribution in [0.1, 0.15) is 25.7 Å². The predicted octanol–water partition coefficient (Wildman–Crippen LogP) is 0.474. The largest absolute Gasteiger partial charge is 0.345 e. The van der Waals surface area contributed by atoms with E-state index < -0.39 is 11.8 Å². The number of nitrogens with zero attached hydrogens (tertiary/aromatic N) is 2. The maximum Gasteiger partial charge on any atom is 0.316 e. The normalized spacial score (nSPS) is 15.5. The van der Waals surface area contributed by atoms with Crippen molar-refractivity contribution in [2.45, 2.75) is 31.7 Å². The standard InChI is InChI=1S/C11H14N4O2/c16-9(14-8-4-1-2-5-8)10(17)15-11-12-6-3-7-13-11/h3,6-8H,1-2,4-5H2,(H,14,16)(H,12,13,15,17). The van der Waals surface area contributed by atoms with Gasteiger partial charge in [-0.1, -0.05) is 12.8 Å². The number of rotatable bonds is 2. The van der Waals surface area contributed by atoms with Crippen LogP contribution in [-0.2, 0) is 9.59 Å². The summed E-state index contributed by atoms with van der Waals surface area (Å²) in [6, 6.07) is 1.76. The summed E-state index contributed by atoms with van der Waals surface area (Å²) >= 11 is 0. The number of hydrogen-bond acceptors (Lipinski definition) is 4. The molecule has 0 spiro atoms. The van der Waals surface area contributed by atoms with Gasteiger partial charge in [-0.25, -0.2) is 9.97 Å². The lowest BCUT2D eigenvalue weighted by molar-refractivity contribution is -0.136. The number of amides is 2. The molecule has 0 atom stereocenters. The summed E-state index contributed by atoms with van der Waals surface area (Å²) in [6.07, 6.45) is 7.10. The van der Waals surface area contributed by atoms with E-state index in [2.05, 4.69) is 20.6 Å². The average molecular weight is 234 g/mol. The van der Waals surface area contributed by atoms with Gasteiger partial charge >= 0.3 is 11.8 Å². The first kappa shape index (κ1) is 11.5. The molecule has 0 saturated heterocycles. The van der Waals surface area contributed by atoms with Crippen LogP contribution < -0.4 is 10.6 Å². The van der Waals surface area contributed by atoms with Crippen molar-refractivity contribution in [3.63, 3.8) is 0 Å². The average Bonchev–Trinajstić information content (AvgIpc) is 2.83. The highest BCUT2D eigenvalue weighted by Crippen LogP contribution is 2.17. The van der Waals surface area contributed by atoms with Crippen molar-refractivity contribution < 1.29 is 9.59 Å². The third-order valence-electron chi connectivity index (χ3n) is 2.69. The fourth-order valence-corrected chi connectivity index (χ4v) is 1.84. The number of hydrogen-bond donors (Lipinski definition) is 2. The molecule has 1 heterocycles. The lowest BCUT2D eigenvalue weighted by Gasteiger charge is -2.10. The van der Waals surface area contributed by atoms with Crippen LogP contribution in [0.3, 0.4) is 0 Å². The molecule has 1 fully saturated rings. The molecule has 2 rings (SSSR count). The predicted molar refractivity (Wildman–Crippen MR) is 61.1 cm³/mol. The summed E-state index contributed by atoms with van der Waals surface area (Å²) in [5.74, 6) is -1.20. The zero-order valence-corrected chi connectivity index (χ0v) is 9.35. The van der Waals surface area contributed by atoms with E-state index in [1.165, 1.54) is 12.4 Å². The summed E-state index contributed by atoms with van der Waals surface area (Å²) in [4.78, 5) is 30.6. The Morgan fingerprint density at radius 2 is 1.76 bits per heavy atom. The van der Waals surface area contributed by atoms with E-state index in [4.69, 9.17) is 0 Å². The molecule has 1 aliphatic carbocycles. The Bertz CT molecular complexity index is 401. The summed E-state index contributed by atoms with van der Waals surface area (Å²) < 4.78 is 0. The first-order chi connectivity index (χ1) is 8.25. The van der Waals surface area contributed by atoms with E-state index >= 15 is 0 Å². The van der Waals surface area contributed by atoms with Crippen LogP contribution in [0.25, 0.3) is 0 Å². The molecule has 6 nitrogen and oxygen atoms in total. The Morgan fingerprint density at radius 1 is 1.12 bits per heavy atom. The minimum atomic E-state index is -0.719. The van der Waals surface area contributed by atoms with E-state index in [1.54, 1.807) is 6.07 Å². The minimum Gasteiger partial charge on any atom is -0.345 e. The van der Waals surface area contributed by atoms with E-state index in [0.29, 0.717) is 0 Å². The van der Waals surface area contributed by atoms with Crippen LogP contribution in [-0.4, -0.2) is 27.8 Å². The molecule has 17 heavy (non-hydrogen) atoms. The Labute approximate surface area is 98.8 Å². The van der Waals surface area contributed by atoms with Crippen LogP contribution >= 0.6 is 0 Å². The van der Waals surface area contributed by atoms with Gasteiger partial charge in [0.25, 0.3) is 0 Å². The van der Waals surface area contributed by atoms with E-state index in [1.807, 2.05) is 0 Å². The van der Waals surface area contributed by atoms with E-state index in [-0.39, 0.29) is 12.0 Å². The lowest BCUT2D eigenvalue weighted by Crippen LogP contribution is -2.40. The molecule has 2 N–H and O–H groups in total. The monoisotopic (exact) mass is 234 g/mol. The van der Waals surface area contributed by atoms with E-state index in [9.17, 15) is 9.59 Å². The SMILES string of the molecule is O=C(Nc1ncccn1)C(=O)NC1CCCC1. The third-order valence-corrected chi connectivity index (χ3v) is 2.69. The van der Waals surface area contributed by atoms with E-state index in [0.717, 1.165) is 25.7 Å². The molecule has 0 unspecified atom stereocenters. The minimum absolute atomic E-state index is 0.130. The second-order valence-electron chi connectivity index (χ2n) is 3.98. The second kappa shape index (κ2) is 5.38. The zero-order valence-electron chi connectivity index (χ0n) is 9.35. The summed E-state index contributed by atoms with van der Waals surface area (Å²) in [7, 11) is 0. The smallest absolute Gasteiger partial charge is 0.316 e. The molecule has 1 aliphatic rings. The molecule has 2 amide bonds. The number of carbonyl (C=O) groups is 2. The van der Waals surface area contributed by atoms with Crippen LogP contribution in [0.15, 0.2) is 18.5 Å². The van der Waals surface area contributed by atoms with Gasteiger partial charge in [0.1, 0.15) is 0 Å². The molecular weight excluding hydrogens is 220 g/mol. The maximum absolute atomic E-state index is 11.5. The quantitative estimate of drug-likeness (QED) is 0.729. The van der Waals surface area contributed by atoms with Crippen molar-refractivity contribution in [3.05, 3.63) is 18.5 Å². The Kier molecular flexibility index (Phi) is 3.64. The van der Waals surface area contributed by atoms with Gasteiger partial charge < -0.3 is 5.32 Å². The molecule has 90 valence electrons. The Morgan fingerprint density at radius 3 is 2.41 bits per heavy atom. The molecule has 1 saturated carbocycles. The first-order valence-electron chi connectivity index (χ1n) is 5.64. The summed E-state index contributed by atoms with van der Waals surface area (Å²) in [5.41, 5.74) is 0. The van der Waals surface area contributed by atoms with Crippen molar-refractivity contribution in [2.75, 3.05) is 5.32 Å². The Balaban J connectivity index is 1.85. The topological polar surface area (TPSA) is 84.0 Å². The molecule has 1 aromatic heterocycles. The van der Waals surface area contributed by atoms with Gasteiger partial charge in [-0.05, 0) is 18.9 Å². The van der Waals surface area contributed by atoms with Crippen molar-refractivity contribution in [2.24, 2.45) is 0 Å². The van der Waals surface area contributed by atoms with Gasteiger partial charge in [0.2, 0.25) is 5.95 Å². The fraction of sp³-hybridized carbons (Fsp3) is 0.455. The number of nitrogens with one attached hydrogen (secondary N) is 2. The van der Waals surface area contributed by atoms with Gasteiger partial charge in [0.05, 0.1) is 0 Å². The molecular formula is C11H14N4O2. The van der Waals surface area contributed by atoms with Crippen LogP contribution in [0, 0.1) is 0 Å². The summed E-state index contributed by atoms with van der Waals surface area (Å²) in [5, 5.41) is 5.03. The zero-order chi connectivity index (χ0) is 12.1. The van der Waals surface area contributed by atoms with Gasteiger partial charge in [-0.3, -0.25) is 14.9 Å². The van der Waals surface area contributed by atoms with Crippen molar-refractivity contribution in [1.82, 2.24) is 15.3 Å². The molecule has 6 heteroatoms. The Hall–Kier alpha value is -1.98. The lowest BCUT2D eigenvalue weighted by atomic mass is 10.2. The highest BCUT2D eigenvalue weighted by molar-refractivity contribution is 6.39.